The van der Waals surface area contributed by atoms with Crippen LogP contribution >= 0.6 is 0 Å². The van der Waals surface area contributed by atoms with Crippen LogP contribution in [0.4, 0.5) is 5.69 Å². The van der Waals surface area contributed by atoms with E-state index in [0.29, 0.717) is 0 Å². The van der Waals surface area contributed by atoms with Gasteiger partial charge < -0.3 is 14.6 Å². The number of rotatable bonds is 5. The Balaban J connectivity index is 2.16. The Hall–Kier alpha value is -1.60. The van der Waals surface area contributed by atoms with Gasteiger partial charge >= 0.3 is 7.12 Å². The van der Waals surface area contributed by atoms with Gasteiger partial charge in [-0.2, -0.15) is 0 Å². The standard InChI is InChI=1S/C14H21BN2O4/c1-13(2)14(3,4)21-15(20-13)11-7-5-6-8-12(11)16-9-10-17(18)19/h5-8,16H,9-10H2,1-4H3. The summed E-state index contributed by atoms with van der Waals surface area (Å²) < 4.78 is 12.0. The smallest absolute Gasteiger partial charge is 0.399 e. The Labute approximate surface area is 125 Å². The minimum absolute atomic E-state index is 0.127. The first kappa shape index (κ1) is 15.8. The summed E-state index contributed by atoms with van der Waals surface area (Å²) in [6.45, 7) is 8.12. The lowest BCUT2D eigenvalue weighted by Gasteiger charge is -2.32. The zero-order valence-corrected chi connectivity index (χ0v) is 12.9. The van der Waals surface area contributed by atoms with Crippen LogP contribution in [0, 0.1) is 10.1 Å². The van der Waals surface area contributed by atoms with Crippen LogP contribution in [0.15, 0.2) is 24.3 Å². The highest BCUT2D eigenvalue weighted by molar-refractivity contribution is 6.63. The molecule has 2 rings (SSSR count). The maximum Gasteiger partial charge on any atom is 0.496 e. The second-order valence-corrected chi connectivity index (χ2v) is 6.16. The third kappa shape index (κ3) is 3.36. The van der Waals surface area contributed by atoms with E-state index in [1.165, 1.54) is 0 Å². The Morgan fingerprint density at radius 3 is 2.33 bits per heavy atom. The molecule has 1 fully saturated rings. The molecule has 1 aromatic rings. The van der Waals surface area contributed by atoms with Crippen molar-refractivity contribution >= 4 is 18.3 Å². The normalized spacial score (nSPS) is 19.5. The van der Waals surface area contributed by atoms with Crippen molar-refractivity contribution in [3.63, 3.8) is 0 Å². The van der Waals surface area contributed by atoms with Crippen LogP contribution in [-0.4, -0.2) is 36.3 Å². The predicted molar refractivity (Wildman–Crippen MR) is 82.5 cm³/mol. The van der Waals surface area contributed by atoms with Gasteiger partial charge in [0.2, 0.25) is 6.54 Å². The molecule has 0 spiro atoms. The molecule has 0 amide bonds. The van der Waals surface area contributed by atoms with Gasteiger partial charge in [-0.15, -0.1) is 0 Å². The fourth-order valence-electron chi connectivity index (χ4n) is 2.12. The van der Waals surface area contributed by atoms with E-state index in [2.05, 4.69) is 5.32 Å². The first-order valence-corrected chi connectivity index (χ1v) is 7.03. The molecule has 1 heterocycles. The van der Waals surface area contributed by atoms with Gasteiger partial charge in [0.25, 0.3) is 0 Å². The van der Waals surface area contributed by atoms with Gasteiger partial charge in [-0.05, 0) is 33.8 Å². The van der Waals surface area contributed by atoms with Gasteiger partial charge in [0, 0.05) is 16.1 Å². The van der Waals surface area contributed by atoms with Crippen molar-refractivity contribution in [3.8, 4) is 0 Å². The lowest BCUT2D eigenvalue weighted by Crippen LogP contribution is -2.41. The van der Waals surface area contributed by atoms with E-state index in [0.717, 1.165) is 11.2 Å². The molecule has 0 bridgehead atoms. The summed E-state index contributed by atoms with van der Waals surface area (Å²) in [5, 5.41) is 13.5. The Morgan fingerprint density at radius 2 is 1.76 bits per heavy atom. The molecule has 7 heteroatoms. The van der Waals surface area contributed by atoms with E-state index < -0.39 is 18.3 Å². The van der Waals surface area contributed by atoms with E-state index in [-0.39, 0.29) is 18.0 Å². The van der Waals surface area contributed by atoms with Crippen LogP contribution in [0.2, 0.25) is 0 Å². The summed E-state index contributed by atoms with van der Waals surface area (Å²) >= 11 is 0. The van der Waals surface area contributed by atoms with E-state index in [1.54, 1.807) is 0 Å². The monoisotopic (exact) mass is 292 g/mol. The van der Waals surface area contributed by atoms with Gasteiger partial charge in [-0.3, -0.25) is 10.1 Å². The van der Waals surface area contributed by atoms with Crippen LogP contribution in [0.5, 0.6) is 0 Å². The highest BCUT2D eigenvalue weighted by Gasteiger charge is 2.52. The van der Waals surface area contributed by atoms with Gasteiger partial charge in [0.05, 0.1) is 17.7 Å². The molecule has 0 atom stereocenters. The van der Waals surface area contributed by atoms with Crippen LogP contribution in [0.3, 0.4) is 0 Å². The number of para-hydroxylation sites is 1. The Kier molecular flexibility index (Phi) is 4.25. The number of nitrogens with zero attached hydrogens (tertiary/aromatic N) is 1. The summed E-state index contributed by atoms with van der Waals surface area (Å²) in [5.41, 5.74) is 0.842. The fraction of sp³-hybridized carbons (Fsp3) is 0.571. The molecule has 1 aromatic carbocycles. The highest BCUT2D eigenvalue weighted by atomic mass is 16.7. The maximum atomic E-state index is 10.4. The van der Waals surface area contributed by atoms with Crippen molar-refractivity contribution in [1.82, 2.24) is 0 Å². The molecule has 0 unspecified atom stereocenters. The van der Waals surface area contributed by atoms with Gasteiger partial charge in [0.1, 0.15) is 0 Å². The van der Waals surface area contributed by atoms with E-state index in [1.807, 2.05) is 52.0 Å². The SMILES string of the molecule is CC1(C)OB(c2ccccc2NCC[N+](=O)[O-])OC1(C)C. The second kappa shape index (κ2) is 5.65. The second-order valence-electron chi connectivity index (χ2n) is 6.16. The molecular weight excluding hydrogens is 271 g/mol. The summed E-state index contributed by atoms with van der Waals surface area (Å²) in [5.74, 6) is 0. The van der Waals surface area contributed by atoms with Crippen molar-refractivity contribution in [3.05, 3.63) is 34.4 Å². The molecule has 0 radical (unpaired) electrons. The molecule has 1 saturated heterocycles. The predicted octanol–water partition coefficient (Wildman–Crippen LogP) is 1.67. The molecule has 1 aliphatic heterocycles. The first-order chi connectivity index (χ1) is 9.73. The van der Waals surface area contributed by atoms with Crippen LogP contribution < -0.4 is 10.8 Å². The number of nitrogens with one attached hydrogen (secondary N) is 1. The van der Waals surface area contributed by atoms with Crippen LogP contribution in [0.25, 0.3) is 0 Å². The van der Waals surface area contributed by atoms with Crippen molar-refractivity contribution in [2.75, 3.05) is 18.4 Å². The van der Waals surface area contributed by atoms with Crippen LogP contribution in [0.1, 0.15) is 27.7 Å². The number of hydrogen-bond donors (Lipinski definition) is 1. The number of nitro groups is 1. The lowest BCUT2D eigenvalue weighted by molar-refractivity contribution is -0.476. The molecule has 114 valence electrons. The third-order valence-electron chi connectivity index (χ3n) is 4.08. The minimum atomic E-state index is -0.477. The number of hydrogen-bond acceptors (Lipinski definition) is 5. The highest BCUT2D eigenvalue weighted by Crippen LogP contribution is 2.36. The summed E-state index contributed by atoms with van der Waals surface area (Å²) in [6.07, 6.45) is 0. The van der Waals surface area contributed by atoms with E-state index >= 15 is 0 Å². The largest absolute Gasteiger partial charge is 0.496 e. The lowest BCUT2D eigenvalue weighted by atomic mass is 9.78. The summed E-state index contributed by atoms with van der Waals surface area (Å²) in [4.78, 5) is 10.1. The average Bonchev–Trinajstić information content (AvgIpc) is 2.58. The molecule has 0 aromatic heterocycles. The van der Waals surface area contributed by atoms with Crippen molar-refractivity contribution in [1.29, 1.82) is 0 Å². The molecule has 1 aliphatic rings. The Morgan fingerprint density at radius 1 is 1.19 bits per heavy atom. The molecular formula is C14H21BN2O4. The first-order valence-electron chi connectivity index (χ1n) is 7.03. The summed E-state index contributed by atoms with van der Waals surface area (Å²) in [6, 6.07) is 7.57. The quantitative estimate of drug-likeness (QED) is 0.507. The molecule has 21 heavy (non-hydrogen) atoms. The topological polar surface area (TPSA) is 73.6 Å². The molecule has 0 aliphatic carbocycles. The number of anilines is 1. The zero-order chi connectivity index (χ0) is 15.7. The third-order valence-corrected chi connectivity index (χ3v) is 4.08. The van der Waals surface area contributed by atoms with E-state index in [4.69, 9.17) is 9.31 Å². The van der Waals surface area contributed by atoms with Crippen LogP contribution in [-0.2, 0) is 9.31 Å². The fourth-order valence-corrected chi connectivity index (χ4v) is 2.12. The molecule has 6 nitrogen and oxygen atoms in total. The Bertz CT molecular complexity index is 517. The van der Waals surface area contributed by atoms with E-state index in [9.17, 15) is 10.1 Å². The minimum Gasteiger partial charge on any atom is -0.399 e. The molecule has 1 N–H and O–H groups in total. The van der Waals surface area contributed by atoms with Crippen molar-refractivity contribution in [2.24, 2.45) is 0 Å². The van der Waals surface area contributed by atoms with Gasteiger partial charge in [-0.1, -0.05) is 18.2 Å². The average molecular weight is 292 g/mol. The van der Waals surface area contributed by atoms with Gasteiger partial charge in [-0.25, -0.2) is 0 Å². The number of benzene rings is 1. The zero-order valence-electron chi connectivity index (χ0n) is 12.9. The maximum absolute atomic E-state index is 10.4. The summed E-state index contributed by atoms with van der Waals surface area (Å²) in [7, 11) is -0.477. The van der Waals surface area contributed by atoms with Crippen molar-refractivity contribution < 1.29 is 14.2 Å². The molecule has 0 saturated carbocycles. The van der Waals surface area contributed by atoms with Gasteiger partial charge in [0.15, 0.2) is 0 Å². The van der Waals surface area contributed by atoms with Crippen molar-refractivity contribution in [2.45, 2.75) is 38.9 Å².